The largest absolute Gasteiger partial charge is 0.460 e. The molecule has 1 aliphatic rings. The Hall–Kier alpha value is -1.67. The summed E-state index contributed by atoms with van der Waals surface area (Å²) in [7, 11) is 0. The molecule has 1 rings (SSSR count). The van der Waals surface area contributed by atoms with Gasteiger partial charge in [-0.2, -0.15) is 0 Å². The molecule has 114 valence electrons. The van der Waals surface area contributed by atoms with Crippen molar-refractivity contribution < 1.29 is 38.4 Å². The third-order valence-electron chi connectivity index (χ3n) is 2.59. The fraction of sp³-hybridized carbons (Fsp3) is 0.750. The lowest BCUT2D eigenvalue weighted by atomic mass is 10.0. The first-order chi connectivity index (χ1) is 9.22. The molecule has 0 aliphatic carbocycles. The Labute approximate surface area is 115 Å². The molecular weight excluding hydrogens is 272 g/mol. The molecule has 0 aromatic carbocycles. The first-order valence-corrected chi connectivity index (χ1v) is 6.06. The Balaban J connectivity index is 2.71. The van der Waals surface area contributed by atoms with E-state index >= 15 is 0 Å². The second kappa shape index (κ2) is 6.67. The van der Waals surface area contributed by atoms with Crippen LogP contribution in [0.1, 0.15) is 27.2 Å². The Morgan fingerprint density at radius 1 is 1.10 bits per heavy atom. The van der Waals surface area contributed by atoms with Crippen LogP contribution in [0.25, 0.3) is 0 Å². The summed E-state index contributed by atoms with van der Waals surface area (Å²) < 4.78 is 19.8. The second-order valence-corrected chi connectivity index (χ2v) is 4.54. The van der Waals surface area contributed by atoms with Crippen molar-refractivity contribution in [2.75, 3.05) is 13.2 Å². The van der Waals surface area contributed by atoms with Crippen LogP contribution >= 0.6 is 0 Å². The van der Waals surface area contributed by atoms with Gasteiger partial charge in [0.15, 0.2) is 6.10 Å². The second-order valence-electron chi connectivity index (χ2n) is 4.54. The van der Waals surface area contributed by atoms with Crippen LogP contribution in [0.15, 0.2) is 0 Å². The molecule has 0 radical (unpaired) electrons. The van der Waals surface area contributed by atoms with E-state index in [0.717, 1.165) is 0 Å². The van der Waals surface area contributed by atoms with Crippen LogP contribution in [0.4, 0.5) is 0 Å². The van der Waals surface area contributed by atoms with E-state index in [1.165, 1.54) is 20.8 Å². The summed E-state index contributed by atoms with van der Waals surface area (Å²) in [4.78, 5) is 32.8. The van der Waals surface area contributed by atoms with Gasteiger partial charge in [0.05, 0.1) is 6.61 Å². The summed E-state index contributed by atoms with van der Waals surface area (Å²) >= 11 is 0. The van der Waals surface area contributed by atoms with Gasteiger partial charge in [0.1, 0.15) is 12.7 Å². The minimum Gasteiger partial charge on any atom is -0.460 e. The molecule has 0 aromatic rings. The molecule has 1 heterocycles. The molecule has 0 saturated carbocycles. The molecule has 0 spiro atoms. The number of carbonyl (C=O) groups is 3. The molecule has 0 amide bonds. The van der Waals surface area contributed by atoms with E-state index in [0.29, 0.717) is 0 Å². The first kappa shape index (κ1) is 16.4. The van der Waals surface area contributed by atoms with Crippen LogP contribution in [0.5, 0.6) is 0 Å². The molecular formula is C12H18O8. The average Bonchev–Trinajstić information content (AvgIpc) is 2.29. The van der Waals surface area contributed by atoms with Crippen molar-refractivity contribution in [1.82, 2.24) is 0 Å². The SMILES string of the molecule is CC(=O)OCC1(O)CC(OC(C)=O)C(OC(C)=O)CO1. The highest BCUT2D eigenvalue weighted by atomic mass is 16.7. The number of hydrogen-bond acceptors (Lipinski definition) is 8. The van der Waals surface area contributed by atoms with Crippen molar-refractivity contribution in [3.8, 4) is 0 Å². The van der Waals surface area contributed by atoms with E-state index in [1.54, 1.807) is 0 Å². The van der Waals surface area contributed by atoms with E-state index in [-0.39, 0.29) is 13.0 Å². The highest BCUT2D eigenvalue weighted by molar-refractivity contribution is 5.67. The topological polar surface area (TPSA) is 108 Å². The van der Waals surface area contributed by atoms with E-state index in [2.05, 4.69) is 0 Å². The number of esters is 3. The van der Waals surface area contributed by atoms with Gasteiger partial charge in [-0.05, 0) is 0 Å². The smallest absolute Gasteiger partial charge is 0.303 e. The van der Waals surface area contributed by atoms with Crippen molar-refractivity contribution in [3.63, 3.8) is 0 Å². The minimum absolute atomic E-state index is 0.169. The average molecular weight is 290 g/mol. The molecule has 8 heteroatoms. The normalized spacial score (nSPS) is 29.4. The number of carbonyl (C=O) groups excluding carboxylic acids is 3. The third-order valence-corrected chi connectivity index (χ3v) is 2.59. The number of ether oxygens (including phenoxy) is 4. The molecule has 0 aromatic heterocycles. The predicted octanol–water partition coefficient (Wildman–Crippen LogP) is -0.478. The Bertz CT molecular complexity index is 393. The number of aliphatic hydroxyl groups is 1. The zero-order valence-electron chi connectivity index (χ0n) is 11.6. The third kappa shape index (κ3) is 5.14. The molecule has 1 aliphatic heterocycles. The van der Waals surface area contributed by atoms with Crippen LogP contribution in [0, 0.1) is 0 Å². The molecule has 8 nitrogen and oxygen atoms in total. The van der Waals surface area contributed by atoms with Crippen LogP contribution in [-0.4, -0.2) is 54.2 Å². The number of rotatable bonds is 4. The summed E-state index contributed by atoms with van der Waals surface area (Å²) in [6.07, 6.45) is -1.85. The highest BCUT2D eigenvalue weighted by Gasteiger charge is 2.44. The van der Waals surface area contributed by atoms with Gasteiger partial charge in [-0.25, -0.2) is 0 Å². The molecule has 3 atom stereocenters. The number of hydrogen-bond donors (Lipinski definition) is 1. The van der Waals surface area contributed by atoms with Crippen LogP contribution < -0.4 is 0 Å². The van der Waals surface area contributed by atoms with Crippen molar-refractivity contribution in [2.24, 2.45) is 0 Å². The standard InChI is InChI=1S/C12H18O8/c1-7(13)17-6-12(16)4-10(19-8(2)14)11(5-18-12)20-9(3)15/h10-11,16H,4-6H2,1-3H3. The van der Waals surface area contributed by atoms with E-state index in [1.807, 2.05) is 0 Å². The maximum absolute atomic E-state index is 11.0. The maximum Gasteiger partial charge on any atom is 0.303 e. The van der Waals surface area contributed by atoms with Crippen LogP contribution in [0.2, 0.25) is 0 Å². The molecule has 1 saturated heterocycles. The maximum atomic E-state index is 11.0. The lowest BCUT2D eigenvalue weighted by molar-refractivity contribution is -0.288. The fourth-order valence-electron chi connectivity index (χ4n) is 1.82. The van der Waals surface area contributed by atoms with Gasteiger partial charge in [0.25, 0.3) is 0 Å². The van der Waals surface area contributed by atoms with E-state index in [4.69, 9.17) is 18.9 Å². The monoisotopic (exact) mass is 290 g/mol. The van der Waals surface area contributed by atoms with Crippen molar-refractivity contribution in [1.29, 1.82) is 0 Å². The zero-order valence-corrected chi connectivity index (χ0v) is 11.6. The minimum atomic E-state index is -1.78. The van der Waals surface area contributed by atoms with Gasteiger partial charge in [-0.1, -0.05) is 0 Å². The van der Waals surface area contributed by atoms with Crippen molar-refractivity contribution in [3.05, 3.63) is 0 Å². The Morgan fingerprint density at radius 3 is 2.15 bits per heavy atom. The molecule has 1 fully saturated rings. The van der Waals surface area contributed by atoms with Crippen LogP contribution in [-0.2, 0) is 33.3 Å². The summed E-state index contributed by atoms with van der Waals surface area (Å²) in [5.41, 5.74) is 0. The quantitative estimate of drug-likeness (QED) is 0.546. The Kier molecular flexibility index (Phi) is 5.46. The van der Waals surface area contributed by atoms with Gasteiger partial charge < -0.3 is 24.1 Å². The Morgan fingerprint density at radius 2 is 1.65 bits per heavy atom. The summed E-state index contributed by atoms with van der Waals surface area (Å²) in [6.45, 7) is 3.04. The predicted molar refractivity (Wildman–Crippen MR) is 63.3 cm³/mol. The van der Waals surface area contributed by atoms with E-state index in [9.17, 15) is 19.5 Å². The lowest BCUT2D eigenvalue weighted by Crippen LogP contribution is -2.54. The van der Waals surface area contributed by atoms with Crippen molar-refractivity contribution in [2.45, 2.75) is 45.2 Å². The fourth-order valence-corrected chi connectivity index (χ4v) is 1.82. The first-order valence-electron chi connectivity index (χ1n) is 6.06. The van der Waals surface area contributed by atoms with E-state index < -0.39 is 42.5 Å². The molecule has 20 heavy (non-hydrogen) atoms. The summed E-state index contributed by atoms with van der Waals surface area (Å²) in [6, 6.07) is 0. The lowest BCUT2D eigenvalue weighted by Gasteiger charge is -2.39. The highest BCUT2D eigenvalue weighted by Crippen LogP contribution is 2.27. The van der Waals surface area contributed by atoms with Gasteiger partial charge >= 0.3 is 17.9 Å². The van der Waals surface area contributed by atoms with Crippen LogP contribution in [0.3, 0.4) is 0 Å². The molecule has 3 unspecified atom stereocenters. The molecule has 0 bridgehead atoms. The van der Waals surface area contributed by atoms with Crippen molar-refractivity contribution >= 4 is 17.9 Å². The molecule has 1 N–H and O–H groups in total. The van der Waals surface area contributed by atoms with Gasteiger partial charge in [0.2, 0.25) is 5.79 Å². The summed E-state index contributed by atoms with van der Waals surface area (Å²) in [5.74, 6) is -3.49. The zero-order chi connectivity index (χ0) is 15.3. The van der Waals surface area contributed by atoms with Gasteiger partial charge in [-0.15, -0.1) is 0 Å². The van der Waals surface area contributed by atoms with Gasteiger partial charge in [0, 0.05) is 27.2 Å². The summed E-state index contributed by atoms with van der Waals surface area (Å²) in [5, 5.41) is 10.1. The van der Waals surface area contributed by atoms with Gasteiger partial charge in [-0.3, -0.25) is 14.4 Å².